The number of aliphatic carboxylic acids is 1. The average Bonchev–Trinajstić information content (AvgIpc) is 1.83. The summed E-state index contributed by atoms with van der Waals surface area (Å²) in [6.07, 6.45) is 0.467. The Morgan fingerprint density at radius 2 is 1.92 bits per heavy atom. The Kier molecular flexibility index (Phi) is 8.72. The van der Waals surface area contributed by atoms with Crippen LogP contribution in [0, 0.1) is 5.92 Å². The van der Waals surface area contributed by atoms with E-state index in [9.17, 15) is 9.59 Å². The summed E-state index contributed by atoms with van der Waals surface area (Å²) in [4.78, 5) is 21.1. The van der Waals surface area contributed by atoms with Crippen LogP contribution in [0.5, 0.6) is 0 Å². The maximum absolute atomic E-state index is 10.6. The van der Waals surface area contributed by atoms with Crippen LogP contribution in [-0.2, 0) is 9.59 Å². The molecule has 0 radical (unpaired) electrons. The van der Waals surface area contributed by atoms with Crippen LogP contribution in [0.2, 0.25) is 0 Å². The molecule has 0 heterocycles. The topological polar surface area (TPSA) is 66.4 Å². The van der Waals surface area contributed by atoms with E-state index < -0.39 is 12.0 Å². The molecule has 0 aliphatic rings. The van der Waals surface area contributed by atoms with Gasteiger partial charge in [0.05, 0.1) is 0 Å². The second kappa shape index (κ2) is 7.35. The normalized spacial score (nSPS) is 11.7. The van der Waals surface area contributed by atoms with E-state index in [1.54, 1.807) is 0 Å². The van der Waals surface area contributed by atoms with Gasteiger partial charge in [-0.05, 0) is 12.3 Å². The van der Waals surface area contributed by atoms with Crippen LogP contribution in [-0.4, -0.2) is 23.0 Å². The summed E-state index contributed by atoms with van der Waals surface area (Å²) in [6, 6.07) is -0.748. The molecule has 0 aromatic heterocycles. The van der Waals surface area contributed by atoms with Gasteiger partial charge in [-0.25, -0.2) is 4.79 Å². The monoisotopic (exact) mass is 197 g/mol. The van der Waals surface area contributed by atoms with E-state index in [0.29, 0.717) is 6.42 Å². The minimum absolute atomic E-state index is 0. The van der Waals surface area contributed by atoms with E-state index in [2.05, 4.69) is 5.32 Å². The first kappa shape index (κ1) is 15.4. The van der Waals surface area contributed by atoms with E-state index >= 15 is 0 Å². The van der Waals surface area contributed by atoms with Crippen molar-refractivity contribution in [1.29, 1.82) is 0 Å². The quantitative estimate of drug-likeness (QED) is 0.500. The number of hydrogen-bond acceptors (Lipinski definition) is 2. The maximum atomic E-state index is 10.6. The molecule has 0 aliphatic carbocycles. The number of hydrogen-bond donors (Lipinski definition) is 2. The van der Waals surface area contributed by atoms with E-state index in [1.165, 1.54) is 6.92 Å². The first-order valence-electron chi connectivity index (χ1n) is 3.93. The van der Waals surface area contributed by atoms with Crippen molar-refractivity contribution in [3.05, 3.63) is 0 Å². The van der Waals surface area contributed by atoms with Gasteiger partial charge in [0, 0.05) is 6.92 Å². The average molecular weight is 197 g/mol. The van der Waals surface area contributed by atoms with Gasteiger partial charge in [-0.2, -0.15) is 0 Å². The number of nitrogens with one attached hydrogen (secondary N) is 1. The van der Waals surface area contributed by atoms with Crippen molar-refractivity contribution in [3.63, 3.8) is 0 Å². The van der Waals surface area contributed by atoms with Gasteiger partial charge in [0.25, 0.3) is 0 Å². The minimum Gasteiger partial charge on any atom is -1.00 e. The molecule has 0 rings (SSSR count). The zero-order chi connectivity index (χ0) is 9.72. The van der Waals surface area contributed by atoms with Crippen molar-refractivity contribution in [2.24, 2.45) is 5.92 Å². The molecule has 2 N–H and O–H groups in total. The number of amides is 1. The second-order valence-corrected chi connectivity index (χ2v) is 3.22. The smallest absolute Gasteiger partial charge is 1.00 e. The fourth-order valence-corrected chi connectivity index (χ4v) is 0.938. The largest absolute Gasteiger partial charge is 1.00 e. The van der Waals surface area contributed by atoms with E-state index in [0.717, 1.165) is 0 Å². The number of carboxylic acid groups (broad SMARTS) is 1. The zero-order valence-corrected chi connectivity index (χ0v) is 10.6. The van der Waals surface area contributed by atoms with Gasteiger partial charge in [-0.15, -0.1) is 0 Å². The zero-order valence-electron chi connectivity index (χ0n) is 9.63. The molecule has 0 bridgehead atoms. The molecule has 0 saturated heterocycles. The van der Waals surface area contributed by atoms with Crippen molar-refractivity contribution in [2.75, 3.05) is 0 Å². The second-order valence-electron chi connectivity index (χ2n) is 3.22. The van der Waals surface area contributed by atoms with Crippen molar-refractivity contribution in [2.45, 2.75) is 33.2 Å². The third kappa shape index (κ3) is 8.28. The minimum atomic E-state index is -0.973. The van der Waals surface area contributed by atoms with E-state index in [-0.39, 0.29) is 42.8 Å². The summed E-state index contributed by atoms with van der Waals surface area (Å²) in [5, 5.41) is 11.0. The summed E-state index contributed by atoms with van der Waals surface area (Å²) >= 11 is 0. The Labute approximate surface area is 102 Å². The van der Waals surface area contributed by atoms with Gasteiger partial charge < -0.3 is 11.8 Å². The van der Waals surface area contributed by atoms with Crippen LogP contribution in [0.15, 0.2) is 0 Å². The van der Waals surface area contributed by atoms with Crippen LogP contribution in [0.3, 0.4) is 0 Å². The molecular formula is C8H16NNaO3. The van der Waals surface area contributed by atoms with Crippen LogP contribution in [0.1, 0.15) is 28.6 Å². The molecule has 1 amide bonds. The van der Waals surface area contributed by atoms with Crippen LogP contribution in [0.4, 0.5) is 0 Å². The van der Waals surface area contributed by atoms with Crippen LogP contribution < -0.4 is 34.9 Å². The Morgan fingerprint density at radius 3 is 2.15 bits per heavy atom. The Bertz CT molecular complexity index is 187. The van der Waals surface area contributed by atoms with E-state index in [1.807, 2.05) is 13.8 Å². The van der Waals surface area contributed by atoms with Gasteiger partial charge in [0.2, 0.25) is 5.91 Å². The van der Waals surface area contributed by atoms with E-state index in [4.69, 9.17) is 5.11 Å². The molecule has 4 nitrogen and oxygen atoms in total. The van der Waals surface area contributed by atoms with Crippen LogP contribution >= 0.6 is 0 Å². The van der Waals surface area contributed by atoms with Gasteiger partial charge in [0.15, 0.2) is 0 Å². The first-order chi connectivity index (χ1) is 5.43. The fraction of sp³-hybridized carbons (Fsp3) is 0.750. The van der Waals surface area contributed by atoms with Crippen LogP contribution in [0.25, 0.3) is 0 Å². The molecule has 0 aromatic rings. The molecule has 0 spiro atoms. The molecule has 0 unspecified atom stereocenters. The van der Waals surface area contributed by atoms with Gasteiger partial charge in [0.1, 0.15) is 6.04 Å². The SMILES string of the molecule is CC(=O)N[C@H](CC(C)C)C(=O)O.[H-].[Na+]. The molecule has 72 valence electrons. The number of carbonyl (C=O) groups excluding carboxylic acids is 1. The molecular weight excluding hydrogens is 181 g/mol. The summed E-state index contributed by atoms with van der Waals surface area (Å²) in [5.74, 6) is -1.01. The third-order valence-electron chi connectivity index (χ3n) is 1.38. The van der Waals surface area contributed by atoms with Crippen molar-refractivity contribution < 1.29 is 45.7 Å². The predicted octanol–water partition coefficient (Wildman–Crippen LogP) is -2.26. The summed E-state index contributed by atoms with van der Waals surface area (Å²) < 4.78 is 0. The first-order valence-corrected chi connectivity index (χ1v) is 3.93. The van der Waals surface area contributed by atoms with Gasteiger partial charge in [-0.1, -0.05) is 13.8 Å². The van der Waals surface area contributed by atoms with Gasteiger partial charge in [-0.3, -0.25) is 4.79 Å². The molecule has 0 fully saturated rings. The Hall–Kier alpha value is -0.0600. The number of carbonyl (C=O) groups is 2. The van der Waals surface area contributed by atoms with Crippen molar-refractivity contribution in [3.8, 4) is 0 Å². The number of carboxylic acids is 1. The predicted molar refractivity (Wildman–Crippen MR) is 45.8 cm³/mol. The molecule has 5 heteroatoms. The fourth-order valence-electron chi connectivity index (χ4n) is 0.938. The standard InChI is InChI=1S/C8H15NO3.Na.H/c1-5(2)4-7(8(11)12)9-6(3)10;;/h5,7H,4H2,1-3H3,(H,9,10)(H,11,12);;/q;+1;-1/t7-;;/m1../s1. The molecule has 1 atom stereocenters. The molecule has 0 aromatic carbocycles. The van der Waals surface area contributed by atoms with Crippen molar-refractivity contribution in [1.82, 2.24) is 5.32 Å². The Balaban J connectivity index is -0.000000605. The Morgan fingerprint density at radius 1 is 1.46 bits per heavy atom. The number of rotatable bonds is 4. The third-order valence-corrected chi connectivity index (χ3v) is 1.38. The molecule has 13 heavy (non-hydrogen) atoms. The maximum Gasteiger partial charge on any atom is 1.00 e. The summed E-state index contributed by atoms with van der Waals surface area (Å²) in [6.45, 7) is 5.14. The molecule has 0 saturated carbocycles. The summed E-state index contributed by atoms with van der Waals surface area (Å²) in [7, 11) is 0. The van der Waals surface area contributed by atoms with Crippen molar-refractivity contribution >= 4 is 11.9 Å². The molecule has 0 aliphatic heterocycles. The summed E-state index contributed by atoms with van der Waals surface area (Å²) in [5.41, 5.74) is 0. The van der Waals surface area contributed by atoms with Gasteiger partial charge >= 0.3 is 35.5 Å².